The lowest BCUT2D eigenvalue weighted by molar-refractivity contribution is -0.137. The number of carbonyl (C=O) groups excluding carboxylic acids is 1. The first-order chi connectivity index (χ1) is 23.1. The summed E-state index contributed by atoms with van der Waals surface area (Å²) in [4.78, 5) is 30.3. The van der Waals surface area contributed by atoms with E-state index < -0.39 is 46.5 Å². The van der Waals surface area contributed by atoms with Crippen molar-refractivity contribution >= 4 is 54.7 Å². The molecular weight excluding hydrogens is 665 g/mol. The summed E-state index contributed by atoms with van der Waals surface area (Å²) in [6.07, 6.45) is -2.13. The normalized spacial score (nSPS) is 21.8. The number of amides is 1. The first-order valence-corrected chi connectivity index (χ1v) is 16.4. The zero-order valence-corrected chi connectivity index (χ0v) is 28.1. The fourth-order valence-electron chi connectivity index (χ4n) is 6.86. The number of aromatic nitrogens is 2. The third-order valence-electron chi connectivity index (χ3n) is 9.73. The van der Waals surface area contributed by atoms with E-state index in [4.69, 9.17) is 17.0 Å². The van der Waals surface area contributed by atoms with Crippen molar-refractivity contribution in [1.82, 2.24) is 19.8 Å². The van der Waals surface area contributed by atoms with E-state index in [0.29, 0.717) is 11.3 Å². The van der Waals surface area contributed by atoms with Crippen LogP contribution in [0, 0.1) is 18.2 Å². The predicted octanol–water partition coefficient (Wildman–Crippen LogP) is 7.42. The zero-order chi connectivity index (χ0) is 35.6. The van der Waals surface area contributed by atoms with Crippen LogP contribution in [-0.4, -0.2) is 76.6 Å². The SMILES string of the molecule is [C-]#[N+]c1c(N)sc2c(F)ccc(-c3c(C(F)(F)F)cc4c(N5C[C@@H](C)N(C(=O)C=C)C[C@@H]5C)nc(OC[C@]5(C)CCCN5C)nc4c3F)c12. The van der Waals surface area contributed by atoms with Crippen molar-refractivity contribution in [2.45, 2.75) is 57.4 Å². The monoisotopic (exact) mass is 699 g/mol. The average molecular weight is 700 g/mol. The molecule has 49 heavy (non-hydrogen) atoms. The van der Waals surface area contributed by atoms with Crippen LogP contribution in [-0.2, 0) is 11.0 Å². The van der Waals surface area contributed by atoms with Crippen LogP contribution in [0.15, 0.2) is 30.9 Å². The number of piperazine rings is 1. The van der Waals surface area contributed by atoms with Gasteiger partial charge >= 0.3 is 12.2 Å². The number of nitrogen functional groups attached to an aromatic ring is 1. The maximum Gasteiger partial charge on any atom is 0.417 e. The van der Waals surface area contributed by atoms with Gasteiger partial charge in [-0.3, -0.25) is 9.69 Å². The van der Waals surface area contributed by atoms with Crippen LogP contribution in [0.1, 0.15) is 39.2 Å². The van der Waals surface area contributed by atoms with Crippen LogP contribution in [0.5, 0.6) is 6.01 Å². The number of anilines is 2. The van der Waals surface area contributed by atoms with E-state index in [1.807, 2.05) is 14.0 Å². The van der Waals surface area contributed by atoms with Gasteiger partial charge in [-0.15, -0.1) is 11.3 Å². The van der Waals surface area contributed by atoms with E-state index >= 15 is 4.39 Å². The summed E-state index contributed by atoms with van der Waals surface area (Å²) < 4.78 is 82.9. The largest absolute Gasteiger partial charge is 0.461 e. The number of nitrogens with zero attached hydrogens (tertiary/aromatic N) is 6. The van der Waals surface area contributed by atoms with Crippen molar-refractivity contribution < 1.29 is 31.5 Å². The highest BCUT2D eigenvalue weighted by Crippen LogP contribution is 2.50. The number of carbonyl (C=O) groups is 1. The van der Waals surface area contributed by atoms with Crippen molar-refractivity contribution in [3.8, 4) is 17.1 Å². The number of thiophene rings is 1. The summed E-state index contributed by atoms with van der Waals surface area (Å²) in [6.45, 7) is 18.1. The minimum atomic E-state index is -5.09. The minimum absolute atomic E-state index is 0.0109. The third kappa shape index (κ3) is 5.80. The Bertz CT molecular complexity index is 2040. The quantitative estimate of drug-likeness (QED) is 0.127. The summed E-state index contributed by atoms with van der Waals surface area (Å²) >= 11 is 0.703. The number of rotatable bonds is 6. The molecule has 0 radical (unpaired) electrons. The number of hydrogen-bond acceptors (Lipinski definition) is 8. The van der Waals surface area contributed by atoms with Crippen LogP contribution in [0.25, 0.3) is 37.0 Å². The van der Waals surface area contributed by atoms with Gasteiger partial charge in [0, 0.05) is 41.5 Å². The molecule has 4 aromatic rings. The number of ether oxygens (including phenoxy) is 1. The zero-order valence-electron chi connectivity index (χ0n) is 27.3. The Kier molecular flexibility index (Phi) is 8.69. The Hall–Kier alpha value is -4.55. The van der Waals surface area contributed by atoms with Crippen molar-refractivity contribution in [3.63, 3.8) is 0 Å². The Morgan fingerprint density at radius 3 is 2.61 bits per heavy atom. The van der Waals surface area contributed by atoms with Crippen LogP contribution in [0.2, 0.25) is 0 Å². The summed E-state index contributed by atoms with van der Waals surface area (Å²) in [6, 6.07) is 1.67. The molecule has 9 nitrogen and oxygen atoms in total. The van der Waals surface area contributed by atoms with Crippen molar-refractivity contribution in [3.05, 3.63) is 59.5 Å². The van der Waals surface area contributed by atoms with Crippen molar-refractivity contribution in [2.75, 3.05) is 43.9 Å². The predicted molar refractivity (Wildman–Crippen MR) is 180 cm³/mol. The van der Waals surface area contributed by atoms with E-state index in [-0.39, 0.29) is 74.7 Å². The van der Waals surface area contributed by atoms with E-state index in [1.165, 1.54) is 6.08 Å². The lowest BCUT2D eigenvalue weighted by Gasteiger charge is -2.44. The lowest BCUT2D eigenvalue weighted by atomic mass is 9.93. The molecule has 2 aromatic heterocycles. The molecule has 6 rings (SSSR count). The van der Waals surface area contributed by atoms with Gasteiger partial charge in [-0.1, -0.05) is 12.6 Å². The number of halogens is 5. The topological polar surface area (TPSA) is 92.2 Å². The van der Waals surface area contributed by atoms with Crippen molar-refractivity contribution in [1.29, 1.82) is 0 Å². The van der Waals surface area contributed by atoms with Gasteiger partial charge < -0.3 is 20.3 Å². The second kappa shape index (κ2) is 12.4. The maximum absolute atomic E-state index is 17.1. The molecule has 0 unspecified atom stereocenters. The molecule has 15 heteroatoms. The van der Waals surface area contributed by atoms with Gasteiger partial charge in [-0.25, -0.2) is 13.6 Å². The van der Waals surface area contributed by atoms with E-state index in [2.05, 4.69) is 26.3 Å². The molecule has 2 aliphatic heterocycles. The Morgan fingerprint density at radius 2 is 1.98 bits per heavy atom. The van der Waals surface area contributed by atoms with E-state index in [0.717, 1.165) is 37.6 Å². The average Bonchev–Trinajstić information content (AvgIpc) is 3.58. The summed E-state index contributed by atoms with van der Waals surface area (Å²) in [5.74, 6) is -2.42. The van der Waals surface area contributed by atoms with Crippen LogP contribution in [0.4, 0.5) is 38.5 Å². The lowest BCUT2D eigenvalue weighted by Crippen LogP contribution is -2.58. The first kappa shape index (κ1) is 34.3. The highest BCUT2D eigenvalue weighted by molar-refractivity contribution is 7.23. The maximum atomic E-state index is 17.1. The molecule has 0 saturated carbocycles. The molecule has 2 N–H and O–H groups in total. The number of nitrogens with two attached hydrogens (primary N) is 1. The molecule has 0 bridgehead atoms. The molecular formula is C34H34F5N7O2S. The first-order valence-electron chi connectivity index (χ1n) is 15.6. The summed E-state index contributed by atoms with van der Waals surface area (Å²) in [7, 11) is 1.96. The molecule has 0 aliphatic carbocycles. The third-order valence-corrected chi connectivity index (χ3v) is 10.7. The van der Waals surface area contributed by atoms with Crippen LogP contribution in [0.3, 0.4) is 0 Å². The van der Waals surface area contributed by atoms with Gasteiger partial charge in [0.2, 0.25) is 11.6 Å². The molecule has 4 heterocycles. The van der Waals surface area contributed by atoms with Gasteiger partial charge in [-0.2, -0.15) is 23.1 Å². The minimum Gasteiger partial charge on any atom is -0.461 e. The summed E-state index contributed by atoms with van der Waals surface area (Å²) in [5, 5.41) is -0.537. The second-order valence-electron chi connectivity index (χ2n) is 12.9. The van der Waals surface area contributed by atoms with Gasteiger partial charge in [-0.05, 0) is 71.0 Å². The molecule has 2 saturated heterocycles. The number of benzene rings is 2. The Morgan fingerprint density at radius 1 is 1.24 bits per heavy atom. The number of hydrogen-bond donors (Lipinski definition) is 1. The highest BCUT2D eigenvalue weighted by Gasteiger charge is 2.40. The number of alkyl halides is 3. The molecule has 2 fully saturated rings. The Labute approximate surface area is 283 Å². The number of likely N-dealkylation sites (N-methyl/N-ethyl adjacent to an activating group) is 1. The molecule has 258 valence electrons. The second-order valence-corrected chi connectivity index (χ2v) is 14.0. The van der Waals surface area contributed by atoms with Gasteiger partial charge in [0.15, 0.2) is 5.82 Å². The number of fused-ring (bicyclic) bond motifs is 2. The standard InChI is InChI=1S/C34H34F5N7O2S/c1-7-23(47)45-14-18(3)46(15-17(45)2)31-20-13-21(34(37,38)39)24(19-9-10-22(35)29-25(19)28(41-5)30(40)49-29)26(36)27(20)42-32(43-31)48-16-33(4)11-8-12-44(33)6/h7,9-10,13,17-18H,1,8,11-12,14-16,40H2,2-4,6H3/t17-,18+,33+/m1/s1. The smallest absolute Gasteiger partial charge is 0.417 e. The van der Waals surface area contributed by atoms with Crippen LogP contribution < -0.4 is 15.4 Å². The van der Waals surface area contributed by atoms with E-state index in [9.17, 15) is 22.4 Å². The fourth-order valence-corrected chi connectivity index (χ4v) is 7.80. The summed E-state index contributed by atoms with van der Waals surface area (Å²) in [5.41, 5.74) is 2.29. The van der Waals surface area contributed by atoms with Gasteiger partial charge in [0.25, 0.3) is 0 Å². The van der Waals surface area contributed by atoms with Crippen LogP contribution >= 0.6 is 11.3 Å². The Balaban J connectivity index is 1.62. The fraction of sp³-hybridized carbons (Fsp3) is 0.412. The van der Waals surface area contributed by atoms with Crippen molar-refractivity contribution in [2.24, 2.45) is 0 Å². The molecule has 2 aromatic carbocycles. The highest BCUT2D eigenvalue weighted by atomic mass is 32.1. The van der Waals surface area contributed by atoms with E-state index in [1.54, 1.807) is 23.6 Å². The molecule has 3 atom stereocenters. The molecule has 2 aliphatic rings. The molecule has 1 amide bonds. The van der Waals surface area contributed by atoms with Gasteiger partial charge in [0.05, 0.1) is 27.4 Å². The van der Waals surface area contributed by atoms with Gasteiger partial charge in [0.1, 0.15) is 23.8 Å². The molecule has 0 spiro atoms. The number of likely N-dealkylation sites (tertiary alicyclic amines) is 1.